The molecule has 2 aliphatic rings. The second kappa shape index (κ2) is 6.47. The van der Waals surface area contributed by atoms with E-state index in [1.165, 1.54) is 0 Å². The van der Waals surface area contributed by atoms with Crippen molar-refractivity contribution >= 4 is 16.1 Å². The standard InChI is InChI=1S/C14H22N4O3S/c1-22(19,20)21-11-12-3-4-13-10-18(8-7-17(13)9-12)14-15-5-2-6-16-14/h2,5-6,12-13H,3-4,7-11H2,1H3/t12-,13-/m0/s1. The first kappa shape index (κ1) is 15.6. The van der Waals surface area contributed by atoms with Gasteiger partial charge in [-0.25, -0.2) is 9.97 Å². The van der Waals surface area contributed by atoms with E-state index >= 15 is 0 Å². The van der Waals surface area contributed by atoms with Crippen LogP contribution in [-0.4, -0.2) is 68.4 Å². The van der Waals surface area contributed by atoms with E-state index in [0.717, 1.165) is 51.2 Å². The number of nitrogens with zero attached hydrogens (tertiary/aromatic N) is 4. The molecule has 2 aliphatic heterocycles. The molecule has 0 N–H and O–H groups in total. The van der Waals surface area contributed by atoms with Gasteiger partial charge >= 0.3 is 0 Å². The first-order chi connectivity index (χ1) is 10.5. The van der Waals surface area contributed by atoms with Crippen molar-refractivity contribution in [1.82, 2.24) is 14.9 Å². The molecule has 0 bridgehead atoms. The van der Waals surface area contributed by atoms with Gasteiger partial charge in [0.15, 0.2) is 0 Å². The van der Waals surface area contributed by atoms with Crippen LogP contribution in [0.3, 0.4) is 0 Å². The fourth-order valence-electron chi connectivity index (χ4n) is 3.25. The molecule has 0 amide bonds. The lowest BCUT2D eigenvalue weighted by molar-refractivity contribution is 0.0741. The lowest BCUT2D eigenvalue weighted by Crippen LogP contribution is -2.57. The van der Waals surface area contributed by atoms with Crippen molar-refractivity contribution in [2.75, 3.05) is 43.9 Å². The first-order valence-corrected chi connectivity index (χ1v) is 9.43. The zero-order valence-corrected chi connectivity index (χ0v) is 13.6. The Kier molecular flexibility index (Phi) is 4.60. The molecule has 7 nitrogen and oxygen atoms in total. The molecule has 0 radical (unpaired) electrons. The van der Waals surface area contributed by atoms with Crippen molar-refractivity contribution in [3.05, 3.63) is 18.5 Å². The quantitative estimate of drug-likeness (QED) is 0.739. The molecular weight excluding hydrogens is 304 g/mol. The Bertz CT molecular complexity index is 595. The third-order valence-corrected chi connectivity index (χ3v) is 4.92. The van der Waals surface area contributed by atoms with E-state index in [4.69, 9.17) is 4.18 Å². The second-order valence-electron chi connectivity index (χ2n) is 6.08. The van der Waals surface area contributed by atoms with E-state index in [1.807, 2.05) is 6.07 Å². The molecule has 3 rings (SSSR count). The lowest BCUT2D eigenvalue weighted by atomic mass is 9.92. The van der Waals surface area contributed by atoms with Crippen LogP contribution in [0.5, 0.6) is 0 Å². The average molecular weight is 326 g/mol. The van der Waals surface area contributed by atoms with Gasteiger partial charge in [0.05, 0.1) is 12.9 Å². The largest absolute Gasteiger partial charge is 0.338 e. The summed E-state index contributed by atoms with van der Waals surface area (Å²) in [7, 11) is -3.34. The minimum Gasteiger partial charge on any atom is -0.338 e. The molecule has 2 atom stereocenters. The van der Waals surface area contributed by atoms with Crippen molar-refractivity contribution in [2.45, 2.75) is 18.9 Å². The normalized spacial score (nSPS) is 26.7. The van der Waals surface area contributed by atoms with Gasteiger partial charge in [-0.3, -0.25) is 9.08 Å². The molecule has 0 aromatic carbocycles. The zero-order chi connectivity index (χ0) is 15.6. The van der Waals surface area contributed by atoms with Crippen LogP contribution in [0.4, 0.5) is 5.95 Å². The SMILES string of the molecule is CS(=O)(=O)OC[C@H]1CC[C@H]2CN(c3ncccn3)CCN2C1. The highest BCUT2D eigenvalue weighted by Crippen LogP contribution is 2.26. The van der Waals surface area contributed by atoms with Gasteiger partial charge in [0.1, 0.15) is 0 Å². The van der Waals surface area contributed by atoms with Crippen LogP contribution < -0.4 is 4.90 Å². The number of hydrogen-bond donors (Lipinski definition) is 0. The maximum Gasteiger partial charge on any atom is 0.264 e. The summed E-state index contributed by atoms with van der Waals surface area (Å²) in [4.78, 5) is 13.3. The molecule has 1 aromatic rings. The summed E-state index contributed by atoms with van der Waals surface area (Å²) in [6.45, 7) is 4.00. The summed E-state index contributed by atoms with van der Waals surface area (Å²) < 4.78 is 27.2. The number of aromatic nitrogens is 2. The van der Waals surface area contributed by atoms with Crippen molar-refractivity contribution in [1.29, 1.82) is 0 Å². The van der Waals surface area contributed by atoms with Gasteiger partial charge in [0.25, 0.3) is 10.1 Å². The molecule has 0 aliphatic carbocycles. The smallest absolute Gasteiger partial charge is 0.264 e. The number of rotatable bonds is 4. The Morgan fingerprint density at radius 1 is 1.23 bits per heavy atom. The van der Waals surface area contributed by atoms with Crippen LogP contribution in [0.15, 0.2) is 18.5 Å². The van der Waals surface area contributed by atoms with Gasteiger partial charge in [-0.05, 0) is 24.8 Å². The van der Waals surface area contributed by atoms with Gasteiger partial charge in [0, 0.05) is 44.6 Å². The van der Waals surface area contributed by atoms with Gasteiger partial charge in [-0.1, -0.05) is 0 Å². The Morgan fingerprint density at radius 2 is 2.00 bits per heavy atom. The van der Waals surface area contributed by atoms with Crippen LogP contribution in [-0.2, 0) is 14.3 Å². The molecule has 3 heterocycles. The second-order valence-corrected chi connectivity index (χ2v) is 7.72. The average Bonchev–Trinajstić information content (AvgIpc) is 2.52. The highest BCUT2D eigenvalue weighted by molar-refractivity contribution is 7.85. The van der Waals surface area contributed by atoms with Crippen LogP contribution in [0.1, 0.15) is 12.8 Å². The number of piperazine rings is 1. The van der Waals surface area contributed by atoms with Gasteiger partial charge < -0.3 is 4.90 Å². The Hall–Kier alpha value is -1.25. The molecule has 0 unspecified atom stereocenters. The predicted molar refractivity (Wildman–Crippen MR) is 83.1 cm³/mol. The Morgan fingerprint density at radius 3 is 2.73 bits per heavy atom. The molecule has 8 heteroatoms. The summed E-state index contributed by atoms with van der Waals surface area (Å²) in [5, 5.41) is 0. The number of hydrogen-bond acceptors (Lipinski definition) is 7. The monoisotopic (exact) mass is 326 g/mol. The summed E-state index contributed by atoms with van der Waals surface area (Å²) >= 11 is 0. The van der Waals surface area contributed by atoms with Crippen molar-refractivity contribution in [2.24, 2.45) is 5.92 Å². The molecule has 2 saturated heterocycles. The van der Waals surface area contributed by atoms with Gasteiger partial charge in [-0.2, -0.15) is 8.42 Å². The Labute approximate surface area is 131 Å². The van der Waals surface area contributed by atoms with E-state index in [9.17, 15) is 8.42 Å². The Balaban J connectivity index is 1.54. The van der Waals surface area contributed by atoms with Crippen molar-refractivity contribution < 1.29 is 12.6 Å². The highest BCUT2D eigenvalue weighted by atomic mass is 32.2. The minimum absolute atomic E-state index is 0.297. The first-order valence-electron chi connectivity index (χ1n) is 7.62. The summed E-state index contributed by atoms with van der Waals surface area (Å²) in [5.74, 6) is 1.09. The van der Waals surface area contributed by atoms with E-state index in [0.29, 0.717) is 18.6 Å². The molecule has 0 spiro atoms. The van der Waals surface area contributed by atoms with Crippen LogP contribution in [0, 0.1) is 5.92 Å². The third-order valence-electron chi connectivity index (χ3n) is 4.36. The maximum absolute atomic E-state index is 11.1. The zero-order valence-electron chi connectivity index (χ0n) is 12.8. The lowest BCUT2D eigenvalue weighted by Gasteiger charge is -2.46. The fraction of sp³-hybridized carbons (Fsp3) is 0.714. The van der Waals surface area contributed by atoms with Gasteiger partial charge in [0.2, 0.25) is 5.95 Å². The summed E-state index contributed by atoms with van der Waals surface area (Å²) in [6.07, 6.45) is 6.71. The topological polar surface area (TPSA) is 75.6 Å². The fourth-order valence-corrected chi connectivity index (χ4v) is 3.69. The summed E-state index contributed by atoms with van der Waals surface area (Å²) in [5.41, 5.74) is 0. The van der Waals surface area contributed by atoms with E-state index < -0.39 is 10.1 Å². The van der Waals surface area contributed by atoms with E-state index in [1.54, 1.807) is 12.4 Å². The molecule has 1 aromatic heterocycles. The highest BCUT2D eigenvalue weighted by Gasteiger charge is 2.33. The van der Waals surface area contributed by atoms with E-state index in [-0.39, 0.29) is 0 Å². The predicted octanol–water partition coefficient (Wildman–Crippen LogP) is 0.353. The molecule has 22 heavy (non-hydrogen) atoms. The van der Waals surface area contributed by atoms with Crippen LogP contribution >= 0.6 is 0 Å². The van der Waals surface area contributed by atoms with Crippen LogP contribution in [0.2, 0.25) is 0 Å². The molecule has 122 valence electrons. The third kappa shape index (κ3) is 3.93. The maximum atomic E-state index is 11.1. The van der Waals surface area contributed by atoms with Crippen LogP contribution in [0.25, 0.3) is 0 Å². The molecule has 2 fully saturated rings. The van der Waals surface area contributed by atoms with Crippen molar-refractivity contribution in [3.8, 4) is 0 Å². The molecular formula is C14H22N4O3S. The van der Waals surface area contributed by atoms with Crippen molar-refractivity contribution in [3.63, 3.8) is 0 Å². The number of fused-ring (bicyclic) bond motifs is 1. The molecule has 0 saturated carbocycles. The minimum atomic E-state index is -3.34. The number of piperidine rings is 1. The van der Waals surface area contributed by atoms with Gasteiger partial charge in [-0.15, -0.1) is 0 Å². The number of anilines is 1. The summed E-state index contributed by atoms with van der Waals surface area (Å²) in [6, 6.07) is 2.32. The van der Waals surface area contributed by atoms with E-state index in [2.05, 4.69) is 19.8 Å².